The minimum atomic E-state index is -3.50. The minimum Gasteiger partial charge on any atom is -0.354 e. The first kappa shape index (κ1) is 12.6. The van der Waals surface area contributed by atoms with Crippen LogP contribution < -0.4 is 5.32 Å². The van der Waals surface area contributed by atoms with Crippen molar-refractivity contribution in [3.63, 3.8) is 0 Å². The predicted molar refractivity (Wildman–Crippen MR) is 73.8 cm³/mol. The Balaban J connectivity index is 1.98. The molecule has 0 bridgehead atoms. The van der Waals surface area contributed by atoms with Crippen LogP contribution in [0, 0.1) is 0 Å². The maximum absolute atomic E-state index is 12.0. The largest absolute Gasteiger partial charge is 0.354 e. The van der Waals surface area contributed by atoms with E-state index in [9.17, 15) is 8.42 Å². The third kappa shape index (κ3) is 2.15. The molecule has 0 aromatic heterocycles. The summed E-state index contributed by atoms with van der Waals surface area (Å²) in [5.41, 5.74) is 0.735. The molecule has 0 amide bonds. The summed E-state index contributed by atoms with van der Waals surface area (Å²) in [6.45, 7) is 1.67. The number of nitrogens with zero attached hydrogens (tertiary/aromatic N) is 2. The van der Waals surface area contributed by atoms with Gasteiger partial charge >= 0.3 is 0 Å². The third-order valence-corrected chi connectivity index (χ3v) is 5.07. The standard InChI is InChI=1S/C13H17N3O2S/c1-14-10-5-4-8-16(9-10)13-11-6-2-3-7-12(11)19(17,18)15-13/h2-3,6-7,10,14H,4-5,8-9H2,1H3. The first-order chi connectivity index (χ1) is 9.12. The molecule has 102 valence electrons. The van der Waals surface area contributed by atoms with Gasteiger partial charge in [-0.25, -0.2) is 0 Å². The molecular weight excluding hydrogens is 262 g/mol. The van der Waals surface area contributed by atoms with Crippen molar-refractivity contribution in [2.75, 3.05) is 20.1 Å². The van der Waals surface area contributed by atoms with Crippen LogP contribution in [0.2, 0.25) is 0 Å². The number of benzene rings is 1. The van der Waals surface area contributed by atoms with E-state index in [0.717, 1.165) is 31.5 Å². The molecule has 0 spiro atoms. The number of hydrogen-bond donors (Lipinski definition) is 1. The van der Waals surface area contributed by atoms with Crippen LogP contribution in [0.25, 0.3) is 0 Å². The number of amidine groups is 1. The van der Waals surface area contributed by atoms with Crippen LogP contribution in [0.5, 0.6) is 0 Å². The zero-order valence-corrected chi connectivity index (χ0v) is 11.7. The maximum atomic E-state index is 12.0. The highest BCUT2D eigenvalue weighted by molar-refractivity contribution is 7.90. The number of likely N-dealkylation sites (N-methyl/N-ethyl adjacent to an activating group) is 1. The lowest BCUT2D eigenvalue weighted by Gasteiger charge is -2.33. The molecule has 1 unspecified atom stereocenters. The molecule has 1 aromatic rings. The molecule has 2 heterocycles. The quantitative estimate of drug-likeness (QED) is 0.827. The lowest BCUT2D eigenvalue weighted by atomic mass is 10.0. The average Bonchev–Trinajstić information content (AvgIpc) is 2.72. The molecule has 1 saturated heterocycles. The average molecular weight is 279 g/mol. The fourth-order valence-electron chi connectivity index (χ4n) is 2.72. The Morgan fingerprint density at radius 1 is 1.37 bits per heavy atom. The van der Waals surface area contributed by atoms with Gasteiger partial charge in [0.2, 0.25) is 0 Å². The lowest BCUT2D eigenvalue weighted by molar-refractivity contribution is 0.286. The Morgan fingerprint density at radius 3 is 2.95 bits per heavy atom. The van der Waals surface area contributed by atoms with Crippen LogP contribution in [0.1, 0.15) is 18.4 Å². The molecule has 2 aliphatic rings. The topological polar surface area (TPSA) is 61.8 Å². The molecule has 1 fully saturated rings. The Kier molecular flexibility index (Phi) is 3.06. The fourth-order valence-corrected chi connectivity index (χ4v) is 3.95. The molecule has 0 aliphatic carbocycles. The summed E-state index contributed by atoms with van der Waals surface area (Å²) in [6.07, 6.45) is 2.17. The summed E-state index contributed by atoms with van der Waals surface area (Å²) < 4.78 is 28.0. The number of fused-ring (bicyclic) bond motifs is 1. The number of sulfonamides is 1. The van der Waals surface area contributed by atoms with Gasteiger partial charge in [0.05, 0.1) is 0 Å². The smallest absolute Gasteiger partial charge is 0.285 e. The van der Waals surface area contributed by atoms with Crippen molar-refractivity contribution >= 4 is 15.9 Å². The second-order valence-corrected chi connectivity index (χ2v) is 6.53. The maximum Gasteiger partial charge on any atom is 0.285 e. The van der Waals surface area contributed by atoms with Crippen LogP contribution in [0.3, 0.4) is 0 Å². The van der Waals surface area contributed by atoms with Gasteiger partial charge in [-0.15, -0.1) is 4.40 Å². The normalized spacial score (nSPS) is 25.0. The Morgan fingerprint density at radius 2 is 2.16 bits per heavy atom. The number of likely N-dealkylation sites (tertiary alicyclic amines) is 1. The van der Waals surface area contributed by atoms with Gasteiger partial charge in [0.25, 0.3) is 10.0 Å². The molecule has 1 atom stereocenters. The van der Waals surface area contributed by atoms with Gasteiger partial charge in [-0.05, 0) is 32.0 Å². The predicted octanol–water partition coefficient (Wildman–Crippen LogP) is 0.819. The number of piperidine rings is 1. The van der Waals surface area contributed by atoms with Gasteiger partial charge < -0.3 is 10.2 Å². The van der Waals surface area contributed by atoms with E-state index >= 15 is 0 Å². The van der Waals surface area contributed by atoms with E-state index in [0.29, 0.717) is 16.8 Å². The van der Waals surface area contributed by atoms with E-state index in [1.54, 1.807) is 12.1 Å². The van der Waals surface area contributed by atoms with Crippen molar-refractivity contribution in [1.82, 2.24) is 10.2 Å². The summed E-state index contributed by atoms with van der Waals surface area (Å²) in [7, 11) is -1.56. The lowest BCUT2D eigenvalue weighted by Crippen LogP contribution is -2.46. The van der Waals surface area contributed by atoms with Gasteiger partial charge in [0.15, 0.2) is 5.84 Å². The fraction of sp³-hybridized carbons (Fsp3) is 0.462. The summed E-state index contributed by atoms with van der Waals surface area (Å²) in [4.78, 5) is 2.41. The molecule has 1 aromatic carbocycles. The first-order valence-corrected chi connectivity index (χ1v) is 7.92. The summed E-state index contributed by atoms with van der Waals surface area (Å²) in [5, 5.41) is 3.26. The van der Waals surface area contributed by atoms with E-state index < -0.39 is 10.0 Å². The number of rotatable bonds is 1. The third-order valence-electron chi connectivity index (χ3n) is 3.74. The van der Waals surface area contributed by atoms with Gasteiger partial charge in [-0.2, -0.15) is 8.42 Å². The van der Waals surface area contributed by atoms with Crippen LogP contribution in [0.15, 0.2) is 33.6 Å². The Hall–Kier alpha value is -1.40. The van der Waals surface area contributed by atoms with Gasteiger partial charge in [0.1, 0.15) is 4.90 Å². The van der Waals surface area contributed by atoms with E-state index in [-0.39, 0.29) is 0 Å². The van der Waals surface area contributed by atoms with Crippen molar-refractivity contribution in [2.24, 2.45) is 4.40 Å². The molecule has 0 radical (unpaired) electrons. The number of nitrogens with one attached hydrogen (secondary N) is 1. The molecule has 0 saturated carbocycles. The first-order valence-electron chi connectivity index (χ1n) is 6.48. The van der Waals surface area contributed by atoms with Crippen molar-refractivity contribution in [3.05, 3.63) is 29.8 Å². The van der Waals surface area contributed by atoms with Crippen LogP contribution >= 0.6 is 0 Å². The summed E-state index contributed by atoms with van der Waals surface area (Å²) in [5.74, 6) is 0.607. The second-order valence-electron chi connectivity index (χ2n) is 4.96. The van der Waals surface area contributed by atoms with Crippen LogP contribution in [-0.2, 0) is 10.0 Å². The minimum absolute atomic E-state index is 0.330. The second kappa shape index (κ2) is 4.61. The summed E-state index contributed by atoms with van der Waals surface area (Å²) >= 11 is 0. The van der Waals surface area contributed by atoms with E-state index in [2.05, 4.69) is 14.6 Å². The van der Waals surface area contributed by atoms with Crippen molar-refractivity contribution in [3.8, 4) is 0 Å². The van der Waals surface area contributed by atoms with Gasteiger partial charge in [-0.1, -0.05) is 12.1 Å². The molecule has 6 heteroatoms. The molecule has 2 aliphatic heterocycles. The SMILES string of the molecule is CNC1CCCN(C2=NS(=O)(=O)c3ccccc32)C1. The molecular formula is C13H17N3O2S. The van der Waals surface area contributed by atoms with Gasteiger partial charge in [0, 0.05) is 24.7 Å². The molecule has 19 heavy (non-hydrogen) atoms. The number of hydrogen-bond acceptors (Lipinski definition) is 4. The molecule has 3 rings (SSSR count). The Bertz CT molecular complexity index is 625. The van der Waals surface area contributed by atoms with Crippen molar-refractivity contribution in [2.45, 2.75) is 23.8 Å². The van der Waals surface area contributed by atoms with E-state index in [1.807, 2.05) is 19.2 Å². The highest BCUT2D eigenvalue weighted by atomic mass is 32.2. The summed E-state index contributed by atoms with van der Waals surface area (Å²) in [6, 6.07) is 7.45. The highest BCUT2D eigenvalue weighted by Crippen LogP contribution is 2.28. The Labute approximate surface area is 113 Å². The van der Waals surface area contributed by atoms with Crippen LogP contribution in [0.4, 0.5) is 0 Å². The highest BCUT2D eigenvalue weighted by Gasteiger charge is 2.33. The van der Waals surface area contributed by atoms with E-state index in [1.165, 1.54) is 0 Å². The van der Waals surface area contributed by atoms with E-state index in [4.69, 9.17) is 0 Å². The molecule has 5 nitrogen and oxygen atoms in total. The monoisotopic (exact) mass is 279 g/mol. The van der Waals surface area contributed by atoms with Crippen molar-refractivity contribution in [1.29, 1.82) is 0 Å². The van der Waals surface area contributed by atoms with Crippen LogP contribution in [-0.4, -0.2) is 45.3 Å². The zero-order chi connectivity index (χ0) is 13.5. The van der Waals surface area contributed by atoms with Gasteiger partial charge in [-0.3, -0.25) is 0 Å². The molecule has 1 N–H and O–H groups in total. The zero-order valence-electron chi connectivity index (χ0n) is 10.8. The van der Waals surface area contributed by atoms with Crippen molar-refractivity contribution < 1.29 is 8.42 Å².